The molecule has 2 aromatic rings. The highest BCUT2D eigenvalue weighted by Gasteiger charge is 2.03. The molecule has 0 aliphatic carbocycles. The van der Waals surface area contributed by atoms with E-state index >= 15 is 0 Å². The summed E-state index contributed by atoms with van der Waals surface area (Å²) < 4.78 is 5.82. The molecule has 1 aromatic carbocycles. The van der Waals surface area contributed by atoms with E-state index in [1.165, 1.54) is 0 Å². The Morgan fingerprint density at radius 1 is 1.22 bits per heavy atom. The molecule has 0 aliphatic rings. The maximum absolute atomic E-state index is 5.82. The van der Waals surface area contributed by atoms with Crippen molar-refractivity contribution in [2.24, 2.45) is 4.99 Å². The average molecular weight is 257 g/mol. The van der Waals surface area contributed by atoms with Gasteiger partial charge in [0, 0.05) is 12.4 Å². The molecule has 0 radical (unpaired) electrons. The van der Waals surface area contributed by atoms with Crippen molar-refractivity contribution in [3.63, 3.8) is 0 Å². The van der Waals surface area contributed by atoms with Crippen molar-refractivity contribution in [1.29, 1.82) is 0 Å². The molecule has 0 fully saturated rings. The van der Waals surface area contributed by atoms with Gasteiger partial charge >= 0.3 is 0 Å². The Kier molecular flexibility index (Phi) is 4.19. The van der Waals surface area contributed by atoms with Gasteiger partial charge in [-0.15, -0.1) is 0 Å². The number of hydrogen-bond donors (Lipinski definition) is 0. The molecule has 1 aromatic heterocycles. The van der Waals surface area contributed by atoms with Crippen LogP contribution in [0.3, 0.4) is 0 Å². The van der Waals surface area contributed by atoms with Crippen LogP contribution in [0.2, 0.25) is 13.1 Å². The Labute approximate surface area is 108 Å². The zero-order chi connectivity index (χ0) is 12.8. The van der Waals surface area contributed by atoms with Gasteiger partial charge in [0.05, 0.1) is 18.1 Å². The van der Waals surface area contributed by atoms with Crippen molar-refractivity contribution < 1.29 is 4.43 Å². The summed E-state index contributed by atoms with van der Waals surface area (Å²) >= 11 is 0. The van der Waals surface area contributed by atoms with Gasteiger partial charge < -0.3 is 4.43 Å². The smallest absolute Gasteiger partial charge is 0.229 e. The largest absolute Gasteiger partial charge is 0.546 e. The molecular weight excluding hydrogens is 242 g/mol. The van der Waals surface area contributed by atoms with Gasteiger partial charge in [-0.3, -0.25) is 15.0 Å². The third kappa shape index (κ3) is 3.49. The molecule has 0 spiro atoms. The molecule has 0 bridgehead atoms. The molecule has 0 unspecified atom stereocenters. The first-order chi connectivity index (χ1) is 8.75. The molecule has 1 heterocycles. The Morgan fingerprint density at radius 3 is 2.78 bits per heavy atom. The standard InChI is InChI=1S/C13H15N3OSi/c1-18(2)17-13-6-4-3-5-12(13)16-10-11-9-14-7-8-15-11/h3-10,18H,1-2H3. The molecule has 2 rings (SSSR count). The van der Waals surface area contributed by atoms with Crippen molar-refractivity contribution in [3.8, 4) is 5.75 Å². The molecule has 0 saturated heterocycles. The number of aromatic nitrogens is 2. The number of aliphatic imine (C=N–C) groups is 1. The fraction of sp³-hybridized carbons (Fsp3) is 0.154. The van der Waals surface area contributed by atoms with E-state index in [1.54, 1.807) is 24.8 Å². The molecule has 0 N–H and O–H groups in total. The van der Waals surface area contributed by atoms with Crippen molar-refractivity contribution in [1.82, 2.24) is 9.97 Å². The number of para-hydroxylation sites is 2. The molecule has 5 heteroatoms. The number of benzene rings is 1. The van der Waals surface area contributed by atoms with E-state index in [-0.39, 0.29) is 0 Å². The van der Waals surface area contributed by atoms with Crippen LogP contribution in [0.1, 0.15) is 5.69 Å². The van der Waals surface area contributed by atoms with Crippen molar-refractivity contribution in [2.75, 3.05) is 0 Å². The van der Waals surface area contributed by atoms with Crippen LogP contribution in [0.25, 0.3) is 0 Å². The van der Waals surface area contributed by atoms with Gasteiger partial charge in [0.25, 0.3) is 0 Å². The summed E-state index contributed by atoms with van der Waals surface area (Å²) in [7, 11) is -1.13. The molecular formula is C13H15N3OSi. The average Bonchev–Trinajstić information content (AvgIpc) is 2.38. The summed E-state index contributed by atoms with van der Waals surface area (Å²) in [4.78, 5) is 12.5. The fourth-order valence-corrected chi connectivity index (χ4v) is 2.14. The van der Waals surface area contributed by atoms with E-state index in [2.05, 4.69) is 28.1 Å². The second-order valence-corrected chi connectivity index (χ2v) is 6.36. The van der Waals surface area contributed by atoms with Crippen LogP contribution in [0.4, 0.5) is 5.69 Å². The SMILES string of the molecule is C[SiH](C)Oc1ccccc1N=Cc1cnccn1. The summed E-state index contributed by atoms with van der Waals surface area (Å²) in [5, 5.41) is 0. The van der Waals surface area contributed by atoms with Crippen molar-refractivity contribution in [2.45, 2.75) is 13.1 Å². The lowest BCUT2D eigenvalue weighted by Crippen LogP contribution is -2.11. The van der Waals surface area contributed by atoms with E-state index in [0.29, 0.717) is 0 Å². The van der Waals surface area contributed by atoms with Crippen LogP contribution in [0.5, 0.6) is 5.75 Å². The minimum atomic E-state index is -1.13. The van der Waals surface area contributed by atoms with Crippen LogP contribution in [-0.4, -0.2) is 25.2 Å². The summed E-state index contributed by atoms with van der Waals surface area (Å²) in [5.41, 5.74) is 1.55. The first kappa shape index (κ1) is 12.4. The van der Waals surface area contributed by atoms with Crippen LogP contribution < -0.4 is 4.43 Å². The van der Waals surface area contributed by atoms with Crippen LogP contribution in [0.15, 0.2) is 47.8 Å². The minimum absolute atomic E-state index is 0.731. The lowest BCUT2D eigenvalue weighted by Gasteiger charge is -2.11. The third-order valence-corrected chi connectivity index (χ3v) is 2.87. The molecule has 0 saturated carbocycles. The number of hydrogen-bond acceptors (Lipinski definition) is 4. The van der Waals surface area contributed by atoms with E-state index < -0.39 is 9.04 Å². The Morgan fingerprint density at radius 2 is 2.06 bits per heavy atom. The summed E-state index contributed by atoms with van der Waals surface area (Å²) in [5.74, 6) is 0.833. The van der Waals surface area contributed by atoms with Crippen LogP contribution in [0, 0.1) is 0 Å². The number of nitrogens with zero attached hydrogens (tertiary/aromatic N) is 3. The van der Waals surface area contributed by atoms with Crippen molar-refractivity contribution in [3.05, 3.63) is 48.5 Å². The van der Waals surface area contributed by atoms with E-state index in [1.807, 2.05) is 24.3 Å². The van der Waals surface area contributed by atoms with Gasteiger partial charge in [0.1, 0.15) is 11.4 Å². The van der Waals surface area contributed by atoms with Crippen LogP contribution >= 0.6 is 0 Å². The van der Waals surface area contributed by atoms with Gasteiger partial charge in [-0.05, 0) is 25.2 Å². The zero-order valence-corrected chi connectivity index (χ0v) is 11.6. The monoisotopic (exact) mass is 257 g/mol. The minimum Gasteiger partial charge on any atom is -0.546 e. The number of rotatable bonds is 4. The highest BCUT2D eigenvalue weighted by molar-refractivity contribution is 6.49. The molecule has 0 aliphatic heterocycles. The lowest BCUT2D eigenvalue weighted by molar-refractivity contribution is 0.582. The summed E-state index contributed by atoms with van der Waals surface area (Å²) in [6.07, 6.45) is 6.64. The molecule has 4 nitrogen and oxygen atoms in total. The molecule has 92 valence electrons. The van der Waals surface area contributed by atoms with Crippen molar-refractivity contribution >= 4 is 20.9 Å². The quantitative estimate of drug-likeness (QED) is 0.625. The Bertz CT molecular complexity index is 529. The van der Waals surface area contributed by atoms with Gasteiger partial charge in [-0.1, -0.05) is 12.1 Å². The molecule has 0 amide bonds. The Hall–Kier alpha value is -2.01. The van der Waals surface area contributed by atoms with E-state index in [9.17, 15) is 0 Å². The third-order valence-electron chi connectivity index (χ3n) is 2.15. The second kappa shape index (κ2) is 6.06. The zero-order valence-electron chi connectivity index (χ0n) is 10.4. The van der Waals surface area contributed by atoms with Gasteiger partial charge in [0.2, 0.25) is 9.04 Å². The normalized spacial score (nSPS) is 11.1. The maximum atomic E-state index is 5.82. The van der Waals surface area contributed by atoms with Gasteiger partial charge in [-0.25, -0.2) is 0 Å². The molecule has 18 heavy (non-hydrogen) atoms. The first-order valence-electron chi connectivity index (χ1n) is 5.81. The summed E-state index contributed by atoms with van der Waals surface area (Å²) in [6, 6.07) is 7.76. The van der Waals surface area contributed by atoms with E-state index in [0.717, 1.165) is 17.1 Å². The molecule has 0 atom stereocenters. The second-order valence-electron chi connectivity index (χ2n) is 4.02. The fourth-order valence-electron chi connectivity index (χ4n) is 1.43. The topological polar surface area (TPSA) is 47.4 Å². The van der Waals surface area contributed by atoms with Gasteiger partial charge in [0.15, 0.2) is 0 Å². The highest BCUT2D eigenvalue weighted by atomic mass is 28.3. The predicted octanol–water partition coefficient (Wildman–Crippen LogP) is 2.59. The van der Waals surface area contributed by atoms with Crippen LogP contribution in [-0.2, 0) is 0 Å². The van der Waals surface area contributed by atoms with Gasteiger partial charge in [-0.2, -0.15) is 0 Å². The first-order valence-corrected chi connectivity index (χ1v) is 8.59. The summed E-state index contributed by atoms with van der Waals surface area (Å²) in [6.45, 7) is 4.26. The maximum Gasteiger partial charge on any atom is 0.229 e. The van der Waals surface area contributed by atoms with E-state index in [4.69, 9.17) is 4.43 Å². The lowest BCUT2D eigenvalue weighted by atomic mass is 10.3. The predicted molar refractivity (Wildman–Crippen MR) is 75.2 cm³/mol. The highest BCUT2D eigenvalue weighted by Crippen LogP contribution is 2.27. The Balaban J connectivity index is 2.21.